The monoisotopic (exact) mass is 340 g/mol. The number of hydrogen-bond donors (Lipinski definition) is 1. The van der Waals surface area contributed by atoms with Gasteiger partial charge in [-0.2, -0.15) is 4.98 Å². The first-order chi connectivity index (χ1) is 8.97. The second kappa shape index (κ2) is 5.75. The highest BCUT2D eigenvalue weighted by molar-refractivity contribution is 9.10. The summed E-state index contributed by atoms with van der Waals surface area (Å²) in [7, 11) is 1.93. The van der Waals surface area contributed by atoms with Crippen molar-refractivity contribution in [3.05, 3.63) is 45.3 Å². The third-order valence-corrected chi connectivity index (χ3v) is 3.42. The molecule has 0 aliphatic rings. The first-order valence-electron chi connectivity index (χ1n) is 5.72. The fourth-order valence-electron chi connectivity index (χ4n) is 1.81. The van der Waals surface area contributed by atoms with Crippen LogP contribution in [0.5, 0.6) is 0 Å². The van der Waals surface area contributed by atoms with E-state index in [9.17, 15) is 0 Å². The highest BCUT2D eigenvalue weighted by Gasteiger charge is 2.12. The predicted molar refractivity (Wildman–Crippen MR) is 82.4 cm³/mol. The van der Waals surface area contributed by atoms with Crippen molar-refractivity contribution >= 4 is 39.0 Å². The van der Waals surface area contributed by atoms with Crippen LogP contribution in [-0.4, -0.2) is 17.0 Å². The van der Waals surface area contributed by atoms with Crippen molar-refractivity contribution < 1.29 is 0 Å². The molecule has 0 radical (unpaired) electrons. The maximum absolute atomic E-state index is 6.00. The van der Waals surface area contributed by atoms with E-state index in [4.69, 9.17) is 17.3 Å². The molecule has 0 unspecified atom stereocenters. The molecule has 100 valence electrons. The van der Waals surface area contributed by atoms with Crippen LogP contribution in [0.3, 0.4) is 0 Å². The Balaban J connectivity index is 2.27. The number of benzene rings is 1. The second-order valence-corrected chi connectivity index (χ2v) is 5.56. The van der Waals surface area contributed by atoms with E-state index in [1.165, 1.54) is 0 Å². The van der Waals surface area contributed by atoms with Crippen LogP contribution in [0.25, 0.3) is 0 Å². The van der Waals surface area contributed by atoms with Gasteiger partial charge in [0.05, 0.1) is 11.4 Å². The number of aryl methyl sites for hydroxylation is 1. The van der Waals surface area contributed by atoms with Gasteiger partial charge in [0.15, 0.2) is 5.82 Å². The van der Waals surface area contributed by atoms with Crippen LogP contribution < -0.4 is 10.6 Å². The van der Waals surface area contributed by atoms with Crippen LogP contribution in [0.2, 0.25) is 5.28 Å². The topological polar surface area (TPSA) is 55.0 Å². The van der Waals surface area contributed by atoms with Gasteiger partial charge in [0.25, 0.3) is 0 Å². The van der Waals surface area contributed by atoms with E-state index in [2.05, 4.69) is 32.0 Å². The van der Waals surface area contributed by atoms with E-state index < -0.39 is 0 Å². The first kappa shape index (κ1) is 14.1. The number of halogens is 2. The average Bonchev–Trinajstić information content (AvgIpc) is 2.33. The van der Waals surface area contributed by atoms with E-state index in [-0.39, 0.29) is 5.28 Å². The number of nitrogens with two attached hydrogens (primary N) is 1. The summed E-state index contributed by atoms with van der Waals surface area (Å²) in [5.41, 5.74) is 8.41. The van der Waals surface area contributed by atoms with Crippen molar-refractivity contribution in [2.75, 3.05) is 17.7 Å². The van der Waals surface area contributed by atoms with E-state index in [1.807, 2.05) is 37.1 Å². The molecule has 1 heterocycles. The maximum Gasteiger partial charge on any atom is 0.224 e. The second-order valence-electron chi connectivity index (χ2n) is 4.30. The van der Waals surface area contributed by atoms with Crippen LogP contribution >= 0.6 is 27.5 Å². The normalized spacial score (nSPS) is 10.5. The van der Waals surface area contributed by atoms with Gasteiger partial charge >= 0.3 is 0 Å². The Morgan fingerprint density at radius 2 is 2.11 bits per heavy atom. The van der Waals surface area contributed by atoms with E-state index in [1.54, 1.807) is 0 Å². The summed E-state index contributed by atoms with van der Waals surface area (Å²) >= 11 is 9.34. The van der Waals surface area contributed by atoms with Crippen LogP contribution in [0.1, 0.15) is 11.3 Å². The zero-order valence-corrected chi connectivity index (χ0v) is 13.0. The third-order valence-electron chi connectivity index (χ3n) is 2.76. The lowest BCUT2D eigenvalue weighted by Gasteiger charge is -2.20. The summed E-state index contributed by atoms with van der Waals surface area (Å²) in [5, 5.41) is 0.211. The van der Waals surface area contributed by atoms with Gasteiger partial charge in [0.2, 0.25) is 5.28 Å². The SMILES string of the molecule is Cc1nc(Cl)nc(N(C)Cc2cccc(Br)c2)c1N. The van der Waals surface area contributed by atoms with Gasteiger partial charge in [-0.3, -0.25) is 0 Å². The number of aromatic nitrogens is 2. The van der Waals surface area contributed by atoms with Crippen LogP contribution in [0.15, 0.2) is 28.7 Å². The lowest BCUT2D eigenvalue weighted by Crippen LogP contribution is -2.20. The number of nitrogen functional groups attached to an aromatic ring is 1. The summed E-state index contributed by atoms with van der Waals surface area (Å²) < 4.78 is 1.04. The molecule has 6 heteroatoms. The highest BCUT2D eigenvalue weighted by atomic mass is 79.9. The minimum absolute atomic E-state index is 0.211. The Labute approximate surface area is 125 Å². The molecule has 0 amide bonds. The Hall–Kier alpha value is -1.33. The van der Waals surface area contributed by atoms with Crippen LogP contribution in [0, 0.1) is 6.92 Å². The smallest absolute Gasteiger partial charge is 0.224 e. The molecule has 1 aromatic carbocycles. The van der Waals surface area contributed by atoms with Gasteiger partial charge in [-0.1, -0.05) is 28.1 Å². The van der Waals surface area contributed by atoms with E-state index in [0.29, 0.717) is 23.7 Å². The van der Waals surface area contributed by atoms with E-state index in [0.717, 1.165) is 10.0 Å². The van der Waals surface area contributed by atoms with Gasteiger partial charge < -0.3 is 10.6 Å². The lowest BCUT2D eigenvalue weighted by molar-refractivity contribution is 0.889. The van der Waals surface area contributed by atoms with Crippen LogP contribution in [0.4, 0.5) is 11.5 Å². The maximum atomic E-state index is 6.00. The summed E-state index contributed by atoms with van der Waals surface area (Å²) in [6.07, 6.45) is 0. The molecule has 1 aromatic heterocycles. The lowest BCUT2D eigenvalue weighted by atomic mass is 10.2. The molecule has 0 atom stereocenters. The van der Waals surface area contributed by atoms with Crippen molar-refractivity contribution in [1.29, 1.82) is 0 Å². The van der Waals surface area contributed by atoms with Crippen molar-refractivity contribution in [2.45, 2.75) is 13.5 Å². The standard InChI is InChI=1S/C13H14BrClN4/c1-8-11(16)12(18-13(15)17-8)19(2)7-9-4-3-5-10(14)6-9/h3-6H,7,16H2,1-2H3. The Morgan fingerprint density at radius 3 is 2.79 bits per heavy atom. The summed E-state index contributed by atoms with van der Waals surface area (Å²) in [4.78, 5) is 10.2. The molecule has 0 saturated carbocycles. The van der Waals surface area contributed by atoms with Crippen molar-refractivity contribution in [3.8, 4) is 0 Å². The summed E-state index contributed by atoms with van der Waals surface area (Å²) in [6.45, 7) is 2.51. The van der Waals surface area contributed by atoms with Crippen molar-refractivity contribution in [1.82, 2.24) is 9.97 Å². The van der Waals surface area contributed by atoms with Gasteiger partial charge in [-0.05, 0) is 36.2 Å². The third kappa shape index (κ3) is 3.36. The van der Waals surface area contributed by atoms with E-state index >= 15 is 0 Å². The molecule has 0 saturated heterocycles. The minimum Gasteiger partial charge on any atom is -0.394 e. The Bertz CT molecular complexity index is 603. The predicted octanol–water partition coefficient (Wildman–Crippen LogP) is 3.42. The van der Waals surface area contributed by atoms with Gasteiger partial charge in [0, 0.05) is 18.1 Å². The number of rotatable bonds is 3. The summed E-state index contributed by atoms with van der Waals surface area (Å²) in [5.74, 6) is 0.650. The molecule has 0 aliphatic heterocycles. The molecule has 4 nitrogen and oxygen atoms in total. The largest absolute Gasteiger partial charge is 0.394 e. The van der Waals surface area contributed by atoms with Gasteiger partial charge in [0.1, 0.15) is 0 Å². The molecule has 0 aliphatic carbocycles. The van der Waals surface area contributed by atoms with Crippen molar-refractivity contribution in [3.63, 3.8) is 0 Å². The molecular formula is C13H14BrClN4. The molecule has 0 fully saturated rings. The molecule has 2 aromatic rings. The molecule has 2 rings (SSSR count). The first-order valence-corrected chi connectivity index (χ1v) is 6.89. The molecular weight excluding hydrogens is 328 g/mol. The quantitative estimate of drug-likeness (QED) is 0.869. The van der Waals surface area contributed by atoms with Gasteiger partial charge in [-0.25, -0.2) is 4.98 Å². The van der Waals surface area contributed by atoms with Gasteiger partial charge in [-0.15, -0.1) is 0 Å². The Morgan fingerprint density at radius 1 is 1.37 bits per heavy atom. The highest BCUT2D eigenvalue weighted by Crippen LogP contribution is 2.25. The average molecular weight is 342 g/mol. The number of hydrogen-bond acceptors (Lipinski definition) is 4. The van der Waals surface area contributed by atoms with Crippen LogP contribution in [-0.2, 0) is 6.54 Å². The zero-order valence-electron chi connectivity index (χ0n) is 10.7. The number of nitrogens with zero attached hydrogens (tertiary/aromatic N) is 3. The molecule has 19 heavy (non-hydrogen) atoms. The fourth-order valence-corrected chi connectivity index (χ4v) is 2.46. The van der Waals surface area contributed by atoms with Crippen molar-refractivity contribution in [2.24, 2.45) is 0 Å². The Kier molecular flexibility index (Phi) is 4.27. The summed E-state index contributed by atoms with van der Waals surface area (Å²) in [6, 6.07) is 8.09. The molecule has 0 spiro atoms. The molecule has 0 bridgehead atoms. The molecule has 2 N–H and O–H groups in total. The zero-order chi connectivity index (χ0) is 14.0. The minimum atomic E-state index is 0.211. The fraction of sp³-hybridized carbons (Fsp3) is 0.231. The number of anilines is 2.